The summed E-state index contributed by atoms with van der Waals surface area (Å²) < 4.78 is 32.9. The number of carbonyl (C=O) groups excluding carboxylic acids is 2. The lowest BCUT2D eigenvalue weighted by atomic mass is 10.1. The Hall–Kier alpha value is -5.35. The van der Waals surface area contributed by atoms with Crippen LogP contribution in [0, 0.1) is 0 Å². The number of aromatic nitrogens is 3. The Morgan fingerprint density at radius 3 is 2.45 bits per heavy atom. The maximum atomic E-state index is 13.4. The molecule has 262 valence electrons. The highest BCUT2D eigenvalue weighted by Gasteiger charge is 2.21. The first-order chi connectivity index (χ1) is 23.4. The van der Waals surface area contributed by atoms with Crippen molar-refractivity contribution in [3.05, 3.63) is 83.8 Å². The predicted molar refractivity (Wildman–Crippen MR) is 186 cm³/mol. The summed E-state index contributed by atoms with van der Waals surface area (Å²) in [5.41, 5.74) is 5.93. The van der Waals surface area contributed by atoms with Crippen molar-refractivity contribution in [1.82, 2.24) is 20.0 Å². The van der Waals surface area contributed by atoms with E-state index in [0.29, 0.717) is 36.3 Å². The second-order valence-electron chi connectivity index (χ2n) is 10.9. The van der Waals surface area contributed by atoms with E-state index in [1.807, 2.05) is 41.9 Å². The molecule has 15 nitrogen and oxygen atoms in total. The topological polar surface area (TPSA) is 205 Å². The number of amides is 2. The zero-order valence-electron chi connectivity index (χ0n) is 27.6. The van der Waals surface area contributed by atoms with Gasteiger partial charge in [-0.2, -0.15) is 13.5 Å². The maximum Gasteiger partial charge on any atom is 0.427 e. The molecular formula is C33H41N7O8S. The molecule has 0 unspecified atom stereocenters. The van der Waals surface area contributed by atoms with Crippen LogP contribution in [0.2, 0.25) is 0 Å². The number of nitrogens with zero attached hydrogens (tertiary/aromatic N) is 5. The third-order valence-corrected chi connectivity index (χ3v) is 6.90. The number of pyridine rings is 1. The van der Waals surface area contributed by atoms with Crippen molar-refractivity contribution in [2.24, 2.45) is 12.1 Å². The lowest BCUT2D eigenvalue weighted by Crippen LogP contribution is -2.33. The lowest BCUT2D eigenvalue weighted by molar-refractivity contribution is -0.136. The number of anilines is 2. The van der Waals surface area contributed by atoms with Crippen molar-refractivity contribution in [3.63, 3.8) is 0 Å². The van der Waals surface area contributed by atoms with Gasteiger partial charge >= 0.3 is 12.1 Å². The van der Waals surface area contributed by atoms with Crippen LogP contribution in [-0.4, -0.2) is 76.2 Å². The molecule has 0 atom stereocenters. The van der Waals surface area contributed by atoms with Gasteiger partial charge in [0, 0.05) is 31.0 Å². The van der Waals surface area contributed by atoms with Gasteiger partial charge in [-0.15, -0.1) is 0 Å². The number of aryl methyl sites for hydroxylation is 1. The van der Waals surface area contributed by atoms with Gasteiger partial charge in [-0.25, -0.2) is 20.2 Å². The minimum Gasteiger partial charge on any atom is -0.481 e. The van der Waals surface area contributed by atoms with E-state index in [2.05, 4.69) is 27.8 Å². The number of hydrazone groups is 1. The smallest absolute Gasteiger partial charge is 0.427 e. The molecule has 2 amide bonds. The number of rotatable bonds is 15. The second kappa shape index (κ2) is 18.8. The van der Waals surface area contributed by atoms with Crippen molar-refractivity contribution < 1.29 is 37.2 Å². The Labute approximate surface area is 284 Å². The fraction of sp³-hybridized carbons (Fsp3) is 0.333. The van der Waals surface area contributed by atoms with Crippen LogP contribution in [-0.2, 0) is 33.2 Å². The summed E-state index contributed by atoms with van der Waals surface area (Å²) in [5.74, 6) is -0.203. The van der Waals surface area contributed by atoms with Crippen molar-refractivity contribution in [1.29, 1.82) is 0 Å². The molecule has 0 aliphatic carbocycles. The molecule has 4 rings (SSSR count). The Morgan fingerprint density at radius 1 is 1.06 bits per heavy atom. The molecule has 16 heteroatoms. The normalized spacial score (nSPS) is 11.1. The summed E-state index contributed by atoms with van der Waals surface area (Å²) in [6.07, 6.45) is 7.18. The van der Waals surface area contributed by atoms with Gasteiger partial charge in [-0.1, -0.05) is 44.4 Å². The van der Waals surface area contributed by atoms with Crippen molar-refractivity contribution in [2.45, 2.75) is 45.6 Å². The first-order valence-corrected chi connectivity index (χ1v) is 17.3. The minimum atomic E-state index is -3.67. The maximum absolute atomic E-state index is 13.4. The molecule has 2 heterocycles. The molecule has 4 N–H and O–H groups in total. The number of hydrogen-bond donors (Lipinski definition) is 4. The van der Waals surface area contributed by atoms with Crippen LogP contribution >= 0.6 is 0 Å². The number of aliphatic carboxylic acids is 1. The number of unbranched alkanes of at least 4 members (excludes halogenated alkanes) is 3. The Bertz CT molecular complexity index is 1820. The number of carbonyl (C=O) groups is 3. The molecule has 0 saturated carbocycles. The Morgan fingerprint density at radius 2 is 1.80 bits per heavy atom. The molecule has 0 radical (unpaired) electrons. The largest absolute Gasteiger partial charge is 0.481 e. The van der Waals surface area contributed by atoms with Crippen LogP contribution in [0.4, 0.5) is 16.3 Å². The van der Waals surface area contributed by atoms with E-state index in [4.69, 9.17) is 14.3 Å². The van der Waals surface area contributed by atoms with E-state index in [0.717, 1.165) is 48.3 Å². The number of nitrogens with one attached hydrogen (secondary N) is 2. The van der Waals surface area contributed by atoms with E-state index >= 15 is 0 Å². The molecule has 0 spiro atoms. The summed E-state index contributed by atoms with van der Waals surface area (Å²) in [5, 5.41) is 16.5. The molecule has 0 aliphatic rings. The molecule has 2 aromatic carbocycles. The molecule has 4 aromatic rings. The van der Waals surface area contributed by atoms with E-state index < -0.39 is 22.2 Å². The minimum absolute atomic E-state index is 0.00645. The highest BCUT2D eigenvalue weighted by Crippen LogP contribution is 2.21. The Balaban J connectivity index is 0.00000121. The SMILES string of the molecule is CCCCCCOC(=O)N/N=C/c1ccc(NCc2nc3cc(C(=O)N(CCC(=O)O)c4ccccn4)ccc3n2C)cc1.CS(=O)(=O)O. The van der Waals surface area contributed by atoms with Crippen LogP contribution < -0.4 is 15.6 Å². The Kier molecular flexibility index (Phi) is 14.7. The molecule has 2 aromatic heterocycles. The van der Waals surface area contributed by atoms with Crippen LogP contribution in [0.3, 0.4) is 0 Å². The highest BCUT2D eigenvalue weighted by atomic mass is 32.2. The average molecular weight is 696 g/mol. The van der Waals surface area contributed by atoms with Gasteiger partial charge in [-0.3, -0.25) is 19.0 Å². The summed E-state index contributed by atoms with van der Waals surface area (Å²) in [6, 6.07) is 17.9. The number of carboxylic acids is 1. The van der Waals surface area contributed by atoms with Crippen LogP contribution in [0.1, 0.15) is 60.8 Å². The lowest BCUT2D eigenvalue weighted by Gasteiger charge is -2.21. The molecular weight excluding hydrogens is 654 g/mol. The fourth-order valence-corrected chi connectivity index (χ4v) is 4.49. The number of fused-ring (bicyclic) bond motifs is 1. The van der Waals surface area contributed by atoms with E-state index in [1.165, 1.54) is 4.90 Å². The zero-order valence-corrected chi connectivity index (χ0v) is 28.4. The monoisotopic (exact) mass is 695 g/mol. The van der Waals surface area contributed by atoms with Crippen molar-refractivity contribution in [3.8, 4) is 0 Å². The third-order valence-electron chi connectivity index (χ3n) is 6.90. The second-order valence-corrected chi connectivity index (χ2v) is 12.3. The predicted octanol–water partition coefficient (Wildman–Crippen LogP) is 4.85. The molecule has 0 saturated heterocycles. The summed E-state index contributed by atoms with van der Waals surface area (Å²) >= 11 is 0. The van der Waals surface area contributed by atoms with E-state index in [9.17, 15) is 27.9 Å². The molecule has 49 heavy (non-hydrogen) atoms. The van der Waals surface area contributed by atoms with Gasteiger partial charge in [0.2, 0.25) is 0 Å². The van der Waals surface area contributed by atoms with Gasteiger partial charge in [-0.05, 0) is 54.4 Å². The molecule has 0 fully saturated rings. The molecule has 0 bridgehead atoms. The van der Waals surface area contributed by atoms with Crippen LogP contribution in [0.15, 0.2) is 72.0 Å². The van der Waals surface area contributed by atoms with Gasteiger partial charge in [0.15, 0.2) is 0 Å². The standard InChI is InChI=1S/C32H37N7O5.CH4O3S/c1-3-4-5-8-19-44-32(43)37-35-21-23-10-13-25(14-11-23)34-22-29-36-26-20-24(12-15-27(26)38(29)2)31(42)39(18-16-30(40)41)28-9-6-7-17-33-28;1-5(2,3)4/h6-7,9-15,17,20-21,34H,3-5,8,16,18-19,22H2,1-2H3,(H,37,43)(H,40,41);1H3,(H,2,3,4)/b35-21+;. The first-order valence-electron chi connectivity index (χ1n) is 15.5. The van der Waals surface area contributed by atoms with Crippen LogP contribution in [0.25, 0.3) is 11.0 Å². The average Bonchev–Trinajstić information content (AvgIpc) is 3.38. The zero-order chi connectivity index (χ0) is 35.8. The summed E-state index contributed by atoms with van der Waals surface area (Å²) in [6.45, 7) is 2.94. The number of ether oxygens (including phenoxy) is 1. The van der Waals surface area contributed by atoms with E-state index in [1.54, 1.807) is 42.7 Å². The van der Waals surface area contributed by atoms with E-state index in [-0.39, 0.29) is 18.9 Å². The molecule has 0 aliphatic heterocycles. The number of imidazole rings is 1. The van der Waals surface area contributed by atoms with Crippen molar-refractivity contribution in [2.75, 3.05) is 29.6 Å². The number of hydrogen-bond acceptors (Lipinski definition) is 10. The highest BCUT2D eigenvalue weighted by molar-refractivity contribution is 7.85. The van der Waals surface area contributed by atoms with Gasteiger partial charge in [0.05, 0.1) is 43.1 Å². The first kappa shape index (κ1) is 38.1. The fourth-order valence-electron chi connectivity index (χ4n) is 4.49. The van der Waals surface area contributed by atoms with Crippen molar-refractivity contribution >= 4 is 56.8 Å². The third kappa shape index (κ3) is 13.4. The van der Waals surface area contributed by atoms with Crippen LogP contribution in [0.5, 0.6) is 0 Å². The van der Waals surface area contributed by atoms with Gasteiger partial charge < -0.3 is 19.7 Å². The van der Waals surface area contributed by atoms with Gasteiger partial charge in [0.1, 0.15) is 11.6 Å². The quantitative estimate of drug-likeness (QED) is 0.0573. The van der Waals surface area contributed by atoms with Gasteiger partial charge in [0.25, 0.3) is 16.0 Å². The number of benzene rings is 2. The summed E-state index contributed by atoms with van der Waals surface area (Å²) in [7, 11) is -1.76. The summed E-state index contributed by atoms with van der Waals surface area (Å²) in [4.78, 5) is 46.7. The number of carboxylic acid groups (broad SMARTS) is 1.